The third-order valence-corrected chi connectivity index (χ3v) is 6.03. The average Bonchev–Trinajstić information content (AvgIpc) is 3.42. The Hall–Kier alpha value is -1.35. The molecule has 0 bridgehead atoms. The van der Waals surface area contributed by atoms with Gasteiger partial charge in [0.2, 0.25) is 5.91 Å². The first kappa shape index (κ1) is 24.9. The Morgan fingerprint density at radius 3 is 2.53 bits per heavy atom. The Labute approximate surface area is 198 Å². The molecule has 2 N–H and O–H groups in total. The third kappa shape index (κ3) is 7.11. The van der Waals surface area contributed by atoms with E-state index in [0.29, 0.717) is 25.0 Å². The number of anilines is 1. The first-order valence-corrected chi connectivity index (χ1v) is 11.2. The maximum atomic E-state index is 11.9. The molecule has 2 aliphatic rings. The number of nitrogens with zero attached hydrogens (tertiary/aromatic N) is 2. The van der Waals surface area contributed by atoms with Gasteiger partial charge in [-0.05, 0) is 56.2 Å². The van der Waals surface area contributed by atoms with E-state index in [2.05, 4.69) is 34.7 Å². The van der Waals surface area contributed by atoms with Gasteiger partial charge in [-0.2, -0.15) is 0 Å². The highest BCUT2D eigenvalue weighted by Crippen LogP contribution is 2.30. The van der Waals surface area contributed by atoms with Crippen molar-refractivity contribution in [3.05, 3.63) is 29.8 Å². The van der Waals surface area contributed by atoms with Gasteiger partial charge >= 0.3 is 0 Å². The molecule has 1 aromatic carbocycles. The lowest BCUT2D eigenvalue weighted by molar-refractivity contribution is -0.117. The van der Waals surface area contributed by atoms with Crippen molar-refractivity contribution in [3.8, 4) is 0 Å². The molecule has 30 heavy (non-hydrogen) atoms. The number of rotatable bonds is 9. The molecule has 7 heteroatoms. The minimum absolute atomic E-state index is 0. The number of ether oxygens (including phenoxy) is 1. The van der Waals surface area contributed by atoms with Gasteiger partial charge in [-0.3, -0.25) is 9.79 Å². The normalized spacial score (nSPS) is 18.4. The number of benzene rings is 1. The molecule has 1 heterocycles. The molecule has 168 valence electrons. The van der Waals surface area contributed by atoms with Crippen molar-refractivity contribution in [1.82, 2.24) is 10.6 Å². The second-order valence-corrected chi connectivity index (χ2v) is 7.99. The van der Waals surface area contributed by atoms with Crippen molar-refractivity contribution in [1.29, 1.82) is 0 Å². The van der Waals surface area contributed by atoms with Crippen molar-refractivity contribution in [2.24, 2.45) is 10.9 Å². The predicted octanol–water partition coefficient (Wildman–Crippen LogP) is 4.08. The number of amides is 1. The molecule has 6 nitrogen and oxygen atoms in total. The van der Waals surface area contributed by atoms with Crippen molar-refractivity contribution >= 4 is 41.5 Å². The summed E-state index contributed by atoms with van der Waals surface area (Å²) in [4.78, 5) is 18.1. The van der Waals surface area contributed by atoms with Crippen LogP contribution in [0, 0.1) is 5.92 Å². The van der Waals surface area contributed by atoms with Crippen LogP contribution in [-0.2, 0) is 16.1 Å². The van der Waals surface area contributed by atoms with Gasteiger partial charge in [0.1, 0.15) is 0 Å². The van der Waals surface area contributed by atoms with Crippen LogP contribution in [0.5, 0.6) is 0 Å². The SMILES string of the molecule is CCOC(CCNC(=NC)NCc1ccc(N2CCCC2=O)cc1)C1CCCC1.I. The molecule has 1 amide bonds. The molecule has 1 atom stereocenters. The molecule has 1 unspecified atom stereocenters. The van der Waals surface area contributed by atoms with Crippen LogP contribution in [0.3, 0.4) is 0 Å². The number of carbonyl (C=O) groups excluding carboxylic acids is 1. The molecule has 0 spiro atoms. The van der Waals surface area contributed by atoms with Gasteiger partial charge in [0.25, 0.3) is 0 Å². The van der Waals surface area contributed by atoms with E-state index in [-0.39, 0.29) is 29.9 Å². The summed E-state index contributed by atoms with van der Waals surface area (Å²) in [6.45, 7) is 5.26. The molecule has 1 saturated heterocycles. The minimum Gasteiger partial charge on any atom is -0.378 e. The van der Waals surface area contributed by atoms with Gasteiger partial charge in [0.05, 0.1) is 6.10 Å². The number of nitrogens with one attached hydrogen (secondary N) is 2. The maximum Gasteiger partial charge on any atom is 0.227 e. The van der Waals surface area contributed by atoms with Gasteiger partial charge in [-0.25, -0.2) is 0 Å². The molecule has 1 aliphatic heterocycles. The zero-order chi connectivity index (χ0) is 20.5. The van der Waals surface area contributed by atoms with Gasteiger partial charge in [-0.15, -0.1) is 24.0 Å². The second-order valence-electron chi connectivity index (χ2n) is 7.99. The quantitative estimate of drug-likeness (QED) is 0.288. The summed E-state index contributed by atoms with van der Waals surface area (Å²) in [5.74, 6) is 1.75. The van der Waals surface area contributed by atoms with Crippen LogP contribution in [0.25, 0.3) is 0 Å². The lowest BCUT2D eigenvalue weighted by Gasteiger charge is -2.24. The highest BCUT2D eigenvalue weighted by Gasteiger charge is 2.25. The summed E-state index contributed by atoms with van der Waals surface area (Å²) >= 11 is 0. The summed E-state index contributed by atoms with van der Waals surface area (Å²) in [6.07, 6.45) is 8.27. The number of guanidine groups is 1. The fourth-order valence-corrected chi connectivity index (χ4v) is 4.45. The first-order valence-electron chi connectivity index (χ1n) is 11.2. The molecular weight excluding hydrogens is 491 g/mol. The number of aliphatic imine (C=N–C) groups is 1. The zero-order valence-electron chi connectivity index (χ0n) is 18.4. The third-order valence-electron chi connectivity index (χ3n) is 6.03. The van der Waals surface area contributed by atoms with E-state index >= 15 is 0 Å². The topological polar surface area (TPSA) is 66.0 Å². The minimum atomic E-state index is 0. The zero-order valence-corrected chi connectivity index (χ0v) is 20.7. The fraction of sp³-hybridized carbons (Fsp3) is 0.652. The van der Waals surface area contributed by atoms with Crippen molar-refractivity contribution in [2.45, 2.75) is 64.5 Å². The Morgan fingerprint density at radius 1 is 1.20 bits per heavy atom. The predicted molar refractivity (Wildman–Crippen MR) is 134 cm³/mol. The number of hydrogen-bond acceptors (Lipinski definition) is 3. The van der Waals surface area contributed by atoms with Gasteiger partial charge in [-0.1, -0.05) is 25.0 Å². The first-order chi connectivity index (χ1) is 14.2. The number of hydrogen-bond donors (Lipinski definition) is 2. The highest BCUT2D eigenvalue weighted by molar-refractivity contribution is 14.0. The van der Waals surface area contributed by atoms with Crippen LogP contribution in [0.1, 0.15) is 57.4 Å². The standard InChI is InChI=1S/C23H36N4O2.HI/c1-3-29-21(19-7-4-5-8-19)14-15-25-23(24-2)26-17-18-10-12-20(13-11-18)27-16-6-9-22(27)28;/h10-13,19,21H,3-9,14-17H2,1-2H3,(H2,24,25,26);1H. The molecule has 2 fully saturated rings. The summed E-state index contributed by atoms with van der Waals surface area (Å²) in [5.41, 5.74) is 2.16. The maximum absolute atomic E-state index is 11.9. The van der Waals surface area contributed by atoms with E-state index in [9.17, 15) is 4.79 Å². The number of carbonyl (C=O) groups is 1. The van der Waals surface area contributed by atoms with Crippen LogP contribution in [-0.4, -0.2) is 44.7 Å². The molecule has 3 rings (SSSR count). The van der Waals surface area contributed by atoms with E-state index in [1.165, 1.54) is 31.2 Å². The van der Waals surface area contributed by atoms with Crippen molar-refractivity contribution < 1.29 is 9.53 Å². The van der Waals surface area contributed by atoms with Crippen LogP contribution in [0.4, 0.5) is 5.69 Å². The molecule has 1 aromatic rings. The highest BCUT2D eigenvalue weighted by atomic mass is 127. The van der Waals surface area contributed by atoms with E-state index < -0.39 is 0 Å². The van der Waals surface area contributed by atoms with Crippen molar-refractivity contribution in [2.75, 3.05) is 31.6 Å². The molecule has 0 radical (unpaired) electrons. The van der Waals surface area contributed by atoms with Crippen LogP contribution in [0.2, 0.25) is 0 Å². The molecule has 0 aromatic heterocycles. The smallest absolute Gasteiger partial charge is 0.227 e. The van der Waals surface area contributed by atoms with Gasteiger partial charge < -0.3 is 20.3 Å². The van der Waals surface area contributed by atoms with E-state index in [4.69, 9.17) is 4.74 Å². The van der Waals surface area contributed by atoms with Crippen LogP contribution < -0.4 is 15.5 Å². The largest absolute Gasteiger partial charge is 0.378 e. The Bertz CT molecular complexity index is 674. The Kier molecular flexibility index (Phi) is 10.9. The van der Waals surface area contributed by atoms with E-state index in [1.54, 1.807) is 7.05 Å². The lowest BCUT2D eigenvalue weighted by Crippen LogP contribution is -2.39. The van der Waals surface area contributed by atoms with Crippen LogP contribution >= 0.6 is 24.0 Å². The lowest BCUT2D eigenvalue weighted by atomic mass is 9.98. The summed E-state index contributed by atoms with van der Waals surface area (Å²) < 4.78 is 6.00. The average molecular weight is 528 g/mol. The van der Waals surface area contributed by atoms with E-state index in [1.807, 2.05) is 17.0 Å². The molecular formula is C23H37IN4O2. The fourth-order valence-electron chi connectivity index (χ4n) is 4.45. The van der Waals surface area contributed by atoms with E-state index in [0.717, 1.165) is 44.2 Å². The molecule has 1 saturated carbocycles. The van der Waals surface area contributed by atoms with Crippen molar-refractivity contribution in [3.63, 3.8) is 0 Å². The number of halogens is 1. The summed E-state index contributed by atoms with van der Waals surface area (Å²) in [6, 6.07) is 8.22. The second kappa shape index (κ2) is 13.1. The molecule has 1 aliphatic carbocycles. The Morgan fingerprint density at radius 2 is 1.93 bits per heavy atom. The Balaban J connectivity index is 0.00000320. The monoisotopic (exact) mass is 528 g/mol. The van der Waals surface area contributed by atoms with Gasteiger partial charge in [0.15, 0.2) is 5.96 Å². The summed E-state index contributed by atoms with van der Waals surface area (Å²) in [5, 5.41) is 6.80. The van der Waals surface area contributed by atoms with Gasteiger partial charge in [0, 0.05) is 45.4 Å². The summed E-state index contributed by atoms with van der Waals surface area (Å²) in [7, 11) is 1.80. The van der Waals surface area contributed by atoms with Crippen LogP contribution in [0.15, 0.2) is 29.3 Å².